The summed E-state index contributed by atoms with van der Waals surface area (Å²) in [4.78, 5) is 30.0. The van der Waals surface area contributed by atoms with Crippen molar-refractivity contribution in [1.29, 1.82) is 0 Å². The van der Waals surface area contributed by atoms with Crippen molar-refractivity contribution in [2.24, 2.45) is 4.99 Å². The zero-order valence-corrected chi connectivity index (χ0v) is 13.0. The van der Waals surface area contributed by atoms with E-state index >= 15 is 0 Å². The molecule has 0 aliphatic carbocycles. The molecule has 22 heavy (non-hydrogen) atoms. The van der Waals surface area contributed by atoms with Gasteiger partial charge < -0.3 is 0 Å². The number of hydrogen-bond acceptors (Lipinski definition) is 4. The van der Waals surface area contributed by atoms with Crippen LogP contribution in [0.5, 0.6) is 0 Å². The number of halogens is 1. The summed E-state index contributed by atoms with van der Waals surface area (Å²) in [6.07, 6.45) is 0. The molecule has 0 radical (unpaired) electrons. The molecule has 108 valence electrons. The number of benzene rings is 2. The predicted octanol–water partition coefficient (Wildman–Crippen LogP) is 4.18. The Kier molecular flexibility index (Phi) is 3.62. The molecule has 6 heteroatoms. The Hall–Kier alpha value is -2.33. The van der Waals surface area contributed by atoms with Crippen molar-refractivity contribution in [1.82, 2.24) is 0 Å². The van der Waals surface area contributed by atoms with Crippen molar-refractivity contribution >= 4 is 52.2 Å². The maximum absolute atomic E-state index is 12.5. The molecule has 0 aromatic heterocycles. The van der Waals surface area contributed by atoms with Crippen LogP contribution in [0.25, 0.3) is 0 Å². The van der Waals surface area contributed by atoms with E-state index < -0.39 is 0 Å². The van der Waals surface area contributed by atoms with Gasteiger partial charge in [-0.05, 0) is 61.1 Å². The topological polar surface area (TPSA) is 49.7 Å². The summed E-state index contributed by atoms with van der Waals surface area (Å²) in [6.45, 7) is 1.80. The lowest BCUT2D eigenvalue weighted by molar-refractivity contribution is 0.0926. The molecule has 0 saturated carbocycles. The Labute approximate surface area is 137 Å². The molecule has 2 aromatic carbocycles. The highest BCUT2D eigenvalue weighted by Crippen LogP contribution is 2.33. The van der Waals surface area contributed by atoms with E-state index in [0.29, 0.717) is 27.5 Å². The number of rotatable bonds is 2. The van der Waals surface area contributed by atoms with Crippen LogP contribution in [-0.4, -0.2) is 17.0 Å². The number of carbonyl (C=O) groups excluding carboxylic acids is 2. The van der Waals surface area contributed by atoms with Gasteiger partial charge in [-0.2, -0.15) is 4.99 Å². The fourth-order valence-corrected chi connectivity index (χ4v) is 2.72. The molecule has 1 heterocycles. The van der Waals surface area contributed by atoms with Crippen molar-refractivity contribution in [2.75, 3.05) is 4.90 Å². The summed E-state index contributed by atoms with van der Waals surface area (Å²) in [7, 11) is 0. The number of anilines is 1. The minimum Gasteiger partial charge on any atom is -0.268 e. The summed E-state index contributed by atoms with van der Waals surface area (Å²) in [5.41, 5.74) is 2.56. The number of carbonyl (C=O) groups is 2. The molecule has 1 aliphatic rings. The van der Waals surface area contributed by atoms with Crippen LogP contribution in [0.2, 0.25) is 5.02 Å². The monoisotopic (exact) mass is 328 g/mol. The van der Waals surface area contributed by atoms with Crippen LogP contribution in [0.15, 0.2) is 41.4 Å². The third-order valence-corrected chi connectivity index (χ3v) is 3.77. The summed E-state index contributed by atoms with van der Waals surface area (Å²) < 4.78 is 0. The lowest BCUT2D eigenvalue weighted by Gasteiger charge is -2.16. The summed E-state index contributed by atoms with van der Waals surface area (Å²) in [6, 6.07) is 9.77. The van der Waals surface area contributed by atoms with E-state index in [1.807, 2.05) is 0 Å². The van der Waals surface area contributed by atoms with E-state index in [1.54, 1.807) is 37.3 Å². The van der Waals surface area contributed by atoms with E-state index in [4.69, 9.17) is 11.6 Å². The van der Waals surface area contributed by atoms with Crippen molar-refractivity contribution in [2.45, 2.75) is 6.92 Å². The van der Waals surface area contributed by atoms with E-state index in [-0.39, 0.29) is 11.8 Å². The second kappa shape index (κ2) is 5.46. The van der Waals surface area contributed by atoms with Gasteiger partial charge in [-0.1, -0.05) is 11.6 Å². The van der Waals surface area contributed by atoms with E-state index in [9.17, 15) is 9.59 Å². The maximum atomic E-state index is 12.5. The number of hydrogen-bond donors (Lipinski definition) is 0. The molecule has 0 unspecified atom stereocenters. The molecule has 0 N–H and O–H groups in total. The number of isothiocyanates is 1. The number of nitrogens with zero attached hydrogens (tertiary/aromatic N) is 2. The molecule has 2 aromatic rings. The smallest absolute Gasteiger partial charge is 0.266 e. The van der Waals surface area contributed by atoms with Gasteiger partial charge in [0.1, 0.15) is 0 Å². The first-order chi connectivity index (χ1) is 10.5. The summed E-state index contributed by atoms with van der Waals surface area (Å²) in [5, 5.41) is 2.70. The largest absolute Gasteiger partial charge is 0.268 e. The van der Waals surface area contributed by atoms with Gasteiger partial charge in [0.2, 0.25) is 0 Å². The molecule has 3 rings (SSSR count). The predicted molar refractivity (Wildman–Crippen MR) is 88.5 cm³/mol. The quantitative estimate of drug-likeness (QED) is 0.472. The third kappa shape index (κ3) is 2.25. The number of amides is 2. The Morgan fingerprint density at radius 1 is 1.09 bits per heavy atom. The van der Waals surface area contributed by atoms with Gasteiger partial charge in [-0.25, -0.2) is 4.90 Å². The average molecular weight is 329 g/mol. The number of aryl methyl sites for hydroxylation is 1. The zero-order valence-electron chi connectivity index (χ0n) is 11.5. The molecule has 0 fully saturated rings. The lowest BCUT2D eigenvalue weighted by atomic mass is 10.1. The highest BCUT2D eigenvalue weighted by molar-refractivity contribution is 7.78. The minimum absolute atomic E-state index is 0.317. The van der Waals surface area contributed by atoms with Crippen molar-refractivity contribution in [3.63, 3.8) is 0 Å². The molecule has 0 spiro atoms. The summed E-state index contributed by atoms with van der Waals surface area (Å²) >= 11 is 10.5. The molecule has 1 aliphatic heterocycles. The molecular weight excluding hydrogens is 320 g/mol. The number of fused-ring (bicyclic) bond motifs is 1. The van der Waals surface area contributed by atoms with Gasteiger partial charge in [0.25, 0.3) is 11.8 Å². The Balaban J connectivity index is 2.09. The summed E-state index contributed by atoms with van der Waals surface area (Å²) in [5.74, 6) is -0.734. The standard InChI is InChI=1S/C16H9ClN2O2S/c1-9-6-11(18-8-22)3-5-14(9)19-15(20)12-4-2-10(17)7-13(12)16(19)21/h2-7H,1H3. The fourth-order valence-electron chi connectivity index (χ4n) is 2.44. The molecule has 0 bridgehead atoms. The van der Waals surface area contributed by atoms with Crippen LogP contribution < -0.4 is 4.90 Å². The van der Waals surface area contributed by atoms with Crippen LogP contribution in [-0.2, 0) is 0 Å². The Morgan fingerprint density at radius 2 is 1.82 bits per heavy atom. The molecule has 0 saturated heterocycles. The number of aliphatic imine (C=N–C) groups is 1. The highest BCUT2D eigenvalue weighted by atomic mass is 35.5. The highest BCUT2D eigenvalue weighted by Gasteiger charge is 2.37. The zero-order chi connectivity index (χ0) is 15.9. The van der Waals surface area contributed by atoms with Crippen molar-refractivity contribution in [3.05, 3.63) is 58.1 Å². The van der Waals surface area contributed by atoms with Crippen LogP contribution >= 0.6 is 23.8 Å². The normalized spacial score (nSPS) is 13.1. The maximum Gasteiger partial charge on any atom is 0.266 e. The second-order valence-electron chi connectivity index (χ2n) is 4.81. The van der Waals surface area contributed by atoms with E-state index in [0.717, 1.165) is 10.5 Å². The Morgan fingerprint density at radius 3 is 2.50 bits per heavy atom. The van der Waals surface area contributed by atoms with Gasteiger partial charge in [0.15, 0.2) is 0 Å². The fraction of sp³-hybridized carbons (Fsp3) is 0.0625. The molecule has 4 nitrogen and oxygen atoms in total. The third-order valence-electron chi connectivity index (χ3n) is 3.44. The lowest BCUT2D eigenvalue weighted by Crippen LogP contribution is -2.29. The average Bonchev–Trinajstić information content (AvgIpc) is 2.72. The van der Waals surface area contributed by atoms with Crippen molar-refractivity contribution in [3.8, 4) is 0 Å². The van der Waals surface area contributed by atoms with Crippen molar-refractivity contribution < 1.29 is 9.59 Å². The minimum atomic E-state index is -0.378. The van der Waals surface area contributed by atoms with Gasteiger partial charge in [-0.3, -0.25) is 9.59 Å². The van der Waals surface area contributed by atoms with E-state index in [2.05, 4.69) is 22.4 Å². The molecule has 0 atom stereocenters. The SMILES string of the molecule is Cc1cc(N=C=S)ccc1N1C(=O)c2ccc(Cl)cc2C1=O. The Bertz CT molecular complexity index is 872. The first-order valence-electron chi connectivity index (χ1n) is 6.40. The van der Waals surface area contributed by atoms with Gasteiger partial charge >= 0.3 is 0 Å². The number of thiocarbonyl (C=S) groups is 1. The van der Waals surface area contributed by atoms with Gasteiger partial charge in [0.05, 0.1) is 27.7 Å². The first-order valence-corrected chi connectivity index (χ1v) is 7.18. The van der Waals surface area contributed by atoms with Crippen LogP contribution in [0.4, 0.5) is 11.4 Å². The van der Waals surface area contributed by atoms with Gasteiger partial charge in [-0.15, -0.1) is 0 Å². The van der Waals surface area contributed by atoms with Crippen LogP contribution in [0.1, 0.15) is 26.3 Å². The number of imide groups is 1. The van der Waals surface area contributed by atoms with Gasteiger partial charge in [0, 0.05) is 5.02 Å². The van der Waals surface area contributed by atoms with Crippen LogP contribution in [0.3, 0.4) is 0 Å². The second-order valence-corrected chi connectivity index (χ2v) is 5.43. The molecular formula is C16H9ClN2O2S. The first kappa shape index (κ1) is 14.6. The molecule has 2 amide bonds. The van der Waals surface area contributed by atoms with Crippen LogP contribution in [0, 0.1) is 6.92 Å². The van der Waals surface area contributed by atoms with E-state index in [1.165, 1.54) is 6.07 Å².